The largest absolute Gasteiger partial charge is 0.481 e. The Hall–Kier alpha value is -1.30. The highest BCUT2D eigenvalue weighted by atomic mass is 16.4. The number of hydrogen-bond donors (Lipinski definition) is 3. The van der Waals surface area contributed by atoms with E-state index in [0.29, 0.717) is 19.5 Å². The number of rotatable bonds is 3. The first-order valence-corrected chi connectivity index (χ1v) is 7.95. The molecule has 1 aliphatic carbocycles. The van der Waals surface area contributed by atoms with Crippen LogP contribution in [0.5, 0.6) is 0 Å². The van der Waals surface area contributed by atoms with Gasteiger partial charge in [0.05, 0.1) is 12.0 Å². The maximum absolute atomic E-state index is 12.3. The summed E-state index contributed by atoms with van der Waals surface area (Å²) in [6.07, 6.45) is 4.67. The van der Waals surface area contributed by atoms with E-state index in [1.165, 1.54) is 0 Å². The Morgan fingerprint density at radius 1 is 1.19 bits per heavy atom. The summed E-state index contributed by atoms with van der Waals surface area (Å²) in [5, 5.41) is 21.8. The highest BCUT2D eigenvalue weighted by Gasteiger charge is 2.34. The van der Waals surface area contributed by atoms with Crippen molar-refractivity contribution in [3.05, 3.63) is 0 Å². The molecule has 2 amide bonds. The van der Waals surface area contributed by atoms with Crippen molar-refractivity contribution in [1.82, 2.24) is 10.2 Å². The van der Waals surface area contributed by atoms with E-state index in [-0.39, 0.29) is 18.0 Å². The van der Waals surface area contributed by atoms with Crippen LogP contribution < -0.4 is 5.32 Å². The number of carboxylic acid groups (broad SMARTS) is 1. The number of hydrogen-bond acceptors (Lipinski definition) is 3. The van der Waals surface area contributed by atoms with Crippen molar-refractivity contribution in [3.8, 4) is 0 Å². The Morgan fingerprint density at radius 2 is 1.90 bits per heavy atom. The van der Waals surface area contributed by atoms with Crippen LogP contribution in [0, 0.1) is 11.8 Å². The fraction of sp³-hybridized carbons (Fsp3) is 0.867. The number of carbonyl (C=O) groups excluding carboxylic acids is 1. The van der Waals surface area contributed by atoms with Crippen molar-refractivity contribution in [1.29, 1.82) is 0 Å². The van der Waals surface area contributed by atoms with Gasteiger partial charge in [0.2, 0.25) is 0 Å². The van der Waals surface area contributed by atoms with Gasteiger partial charge in [0, 0.05) is 25.0 Å². The Kier molecular flexibility index (Phi) is 5.45. The predicted molar refractivity (Wildman–Crippen MR) is 77.9 cm³/mol. The van der Waals surface area contributed by atoms with Crippen LogP contribution in [-0.2, 0) is 4.79 Å². The second-order valence-corrected chi connectivity index (χ2v) is 6.37. The van der Waals surface area contributed by atoms with E-state index in [1.807, 2.05) is 0 Å². The number of likely N-dealkylation sites (tertiary alicyclic amines) is 1. The molecular weight excluding hydrogens is 272 g/mol. The van der Waals surface area contributed by atoms with E-state index in [2.05, 4.69) is 5.32 Å². The van der Waals surface area contributed by atoms with Gasteiger partial charge in [0.25, 0.3) is 0 Å². The molecule has 4 atom stereocenters. The smallest absolute Gasteiger partial charge is 0.317 e. The third-order valence-electron chi connectivity index (χ3n) is 4.84. The minimum Gasteiger partial charge on any atom is -0.481 e. The number of aliphatic hydroxyl groups excluding tert-OH is 1. The maximum Gasteiger partial charge on any atom is 0.317 e. The monoisotopic (exact) mass is 298 g/mol. The molecule has 21 heavy (non-hydrogen) atoms. The minimum atomic E-state index is -0.814. The van der Waals surface area contributed by atoms with Crippen molar-refractivity contribution in [2.45, 2.75) is 57.6 Å². The number of carbonyl (C=O) groups is 2. The third kappa shape index (κ3) is 4.09. The van der Waals surface area contributed by atoms with Crippen molar-refractivity contribution in [2.75, 3.05) is 13.1 Å². The lowest BCUT2D eigenvalue weighted by Crippen LogP contribution is -2.48. The van der Waals surface area contributed by atoms with Gasteiger partial charge in [0.15, 0.2) is 0 Å². The molecule has 6 nitrogen and oxygen atoms in total. The van der Waals surface area contributed by atoms with Crippen molar-refractivity contribution < 1.29 is 19.8 Å². The Labute approximate surface area is 125 Å². The molecule has 2 rings (SSSR count). The van der Waals surface area contributed by atoms with Crippen LogP contribution in [0.25, 0.3) is 0 Å². The average Bonchev–Trinajstić information content (AvgIpc) is 2.81. The summed E-state index contributed by atoms with van der Waals surface area (Å²) in [7, 11) is 0. The van der Waals surface area contributed by atoms with Gasteiger partial charge >= 0.3 is 12.0 Å². The summed E-state index contributed by atoms with van der Waals surface area (Å²) < 4.78 is 0. The number of carboxylic acids is 1. The zero-order chi connectivity index (χ0) is 15.4. The van der Waals surface area contributed by atoms with Crippen molar-refractivity contribution in [3.63, 3.8) is 0 Å². The van der Waals surface area contributed by atoms with E-state index in [9.17, 15) is 19.8 Å². The zero-order valence-electron chi connectivity index (χ0n) is 12.6. The Bertz CT molecular complexity index is 386. The number of aliphatic carboxylic acids is 1. The molecule has 120 valence electrons. The van der Waals surface area contributed by atoms with Gasteiger partial charge in [-0.05, 0) is 26.2 Å². The normalized spacial score (nSPS) is 31.5. The van der Waals surface area contributed by atoms with Crippen molar-refractivity contribution >= 4 is 12.0 Å². The zero-order valence-corrected chi connectivity index (χ0v) is 12.6. The fourth-order valence-electron chi connectivity index (χ4n) is 3.39. The van der Waals surface area contributed by atoms with Gasteiger partial charge in [-0.2, -0.15) is 0 Å². The molecule has 0 aromatic carbocycles. The summed E-state index contributed by atoms with van der Waals surface area (Å²) in [5.41, 5.74) is 0. The molecule has 3 N–H and O–H groups in total. The lowest BCUT2D eigenvalue weighted by Gasteiger charge is -2.26. The topological polar surface area (TPSA) is 89.9 Å². The molecule has 0 spiro atoms. The average molecular weight is 298 g/mol. The van der Waals surface area contributed by atoms with Crippen LogP contribution in [0.15, 0.2) is 0 Å². The summed E-state index contributed by atoms with van der Waals surface area (Å²) >= 11 is 0. The van der Waals surface area contributed by atoms with Crippen LogP contribution >= 0.6 is 0 Å². The van der Waals surface area contributed by atoms with Crippen LogP contribution in [0.3, 0.4) is 0 Å². The second-order valence-electron chi connectivity index (χ2n) is 6.37. The highest BCUT2D eigenvalue weighted by Crippen LogP contribution is 2.25. The summed E-state index contributed by atoms with van der Waals surface area (Å²) in [4.78, 5) is 25.4. The van der Waals surface area contributed by atoms with E-state index in [4.69, 9.17) is 0 Å². The van der Waals surface area contributed by atoms with Gasteiger partial charge in [-0.1, -0.05) is 19.3 Å². The molecular formula is C15H26N2O4. The maximum atomic E-state index is 12.3. The molecule has 1 saturated carbocycles. The number of amides is 2. The lowest BCUT2D eigenvalue weighted by atomic mass is 9.95. The standard InChI is InChI=1S/C15H26N2O4/c1-10(18)11-7-8-17(9-11)15(21)16-13-6-4-2-3-5-12(13)14(19)20/h10-13,18H,2-9H2,1H3,(H,16,21)(H,19,20). The molecule has 1 aliphatic heterocycles. The van der Waals surface area contributed by atoms with Crippen LogP contribution in [0.2, 0.25) is 0 Å². The summed E-state index contributed by atoms with van der Waals surface area (Å²) in [5.74, 6) is -1.17. The first-order chi connectivity index (χ1) is 9.99. The highest BCUT2D eigenvalue weighted by molar-refractivity contribution is 5.77. The van der Waals surface area contributed by atoms with Gasteiger partial charge in [-0.25, -0.2) is 4.79 Å². The first-order valence-electron chi connectivity index (χ1n) is 7.95. The Balaban J connectivity index is 1.92. The van der Waals surface area contributed by atoms with E-state index >= 15 is 0 Å². The molecule has 2 fully saturated rings. The number of nitrogens with one attached hydrogen (secondary N) is 1. The third-order valence-corrected chi connectivity index (χ3v) is 4.84. The summed E-state index contributed by atoms with van der Waals surface area (Å²) in [6, 6.07) is -0.459. The predicted octanol–water partition coefficient (Wildman–Crippen LogP) is 1.43. The van der Waals surface area contributed by atoms with Crippen molar-refractivity contribution in [2.24, 2.45) is 11.8 Å². The second kappa shape index (κ2) is 7.11. The SMILES string of the molecule is CC(O)C1CCN(C(=O)NC2CCCCCC2C(=O)O)C1. The minimum absolute atomic E-state index is 0.125. The molecule has 0 aromatic rings. The lowest BCUT2D eigenvalue weighted by molar-refractivity contribution is -0.142. The van der Waals surface area contributed by atoms with Gasteiger partial charge in [0.1, 0.15) is 0 Å². The first kappa shape index (κ1) is 16.1. The molecule has 1 heterocycles. The van der Waals surface area contributed by atoms with Gasteiger partial charge < -0.3 is 20.4 Å². The van der Waals surface area contributed by atoms with E-state index in [0.717, 1.165) is 32.1 Å². The van der Waals surface area contributed by atoms with E-state index < -0.39 is 18.0 Å². The van der Waals surface area contributed by atoms with Gasteiger partial charge in [-0.15, -0.1) is 0 Å². The quantitative estimate of drug-likeness (QED) is 0.688. The molecule has 1 saturated heterocycles. The fourth-order valence-corrected chi connectivity index (χ4v) is 3.39. The molecule has 0 aromatic heterocycles. The molecule has 0 bridgehead atoms. The Morgan fingerprint density at radius 3 is 2.52 bits per heavy atom. The molecule has 0 radical (unpaired) electrons. The molecule has 4 unspecified atom stereocenters. The van der Waals surface area contributed by atoms with Gasteiger partial charge in [-0.3, -0.25) is 4.79 Å². The molecule has 2 aliphatic rings. The number of aliphatic hydroxyl groups is 1. The van der Waals surface area contributed by atoms with E-state index in [1.54, 1.807) is 11.8 Å². The number of nitrogens with zero attached hydrogens (tertiary/aromatic N) is 1. The van der Waals surface area contributed by atoms with Crippen LogP contribution in [0.1, 0.15) is 45.4 Å². The van der Waals surface area contributed by atoms with Crippen LogP contribution in [0.4, 0.5) is 4.79 Å². The summed E-state index contributed by atoms with van der Waals surface area (Å²) in [6.45, 7) is 2.93. The van der Waals surface area contributed by atoms with Crippen LogP contribution in [-0.4, -0.2) is 52.3 Å². The molecule has 6 heteroatoms. The number of urea groups is 1.